The van der Waals surface area contributed by atoms with Crippen molar-refractivity contribution in [2.24, 2.45) is 0 Å². The summed E-state index contributed by atoms with van der Waals surface area (Å²) < 4.78 is 18.6. The van der Waals surface area contributed by atoms with Gasteiger partial charge in [-0.3, -0.25) is 4.79 Å². The van der Waals surface area contributed by atoms with Crippen LogP contribution >= 0.6 is 27.5 Å². The minimum atomic E-state index is -0.393. The highest BCUT2D eigenvalue weighted by Gasteiger charge is 2.09. The monoisotopic (exact) mass is 358 g/mol. The smallest absolute Gasteiger partial charge is 0.262 e. The Kier molecular flexibility index (Phi) is 4.92. The predicted octanol–water partition coefficient (Wildman–Crippen LogP) is 3.65. The lowest BCUT2D eigenvalue weighted by Crippen LogP contribution is -2.20. The van der Waals surface area contributed by atoms with Crippen molar-refractivity contribution < 1.29 is 13.9 Å². The van der Waals surface area contributed by atoms with E-state index in [1.54, 1.807) is 12.1 Å². The number of nitrogens with zero attached hydrogens (tertiary/aromatic N) is 1. The Balaban J connectivity index is 1.94. The van der Waals surface area contributed by atoms with E-state index in [9.17, 15) is 9.18 Å². The fourth-order valence-corrected chi connectivity index (χ4v) is 2.03. The maximum absolute atomic E-state index is 12.9. The molecule has 0 fully saturated rings. The summed E-state index contributed by atoms with van der Waals surface area (Å²) in [5.41, 5.74) is 0.404. The number of hydrogen-bond donors (Lipinski definition) is 1. The molecule has 0 saturated carbocycles. The molecular weight excluding hydrogens is 351 g/mol. The fraction of sp³-hybridized carbons (Fsp3) is 0.0769. The molecule has 1 heterocycles. The van der Waals surface area contributed by atoms with Crippen LogP contribution in [0.3, 0.4) is 0 Å². The zero-order chi connectivity index (χ0) is 14.5. The number of nitrogens with one attached hydrogen (secondary N) is 1. The van der Waals surface area contributed by atoms with Gasteiger partial charge in [0.2, 0.25) is 0 Å². The van der Waals surface area contributed by atoms with Crippen molar-refractivity contribution in [3.8, 4) is 5.75 Å². The number of benzene rings is 1. The number of rotatable bonds is 4. The number of pyridine rings is 1. The van der Waals surface area contributed by atoms with Crippen LogP contribution in [-0.2, 0) is 4.79 Å². The summed E-state index contributed by atoms with van der Waals surface area (Å²) in [5.74, 6) is -0.411. The van der Waals surface area contributed by atoms with Crippen LogP contribution in [0.15, 0.2) is 41.0 Å². The van der Waals surface area contributed by atoms with Crippen LogP contribution in [0.5, 0.6) is 5.75 Å². The largest absolute Gasteiger partial charge is 0.483 e. The summed E-state index contributed by atoms with van der Waals surface area (Å²) in [6.07, 6.45) is 1.52. The molecule has 104 valence electrons. The zero-order valence-electron chi connectivity index (χ0n) is 10.1. The lowest BCUT2D eigenvalue weighted by atomic mass is 10.3. The first-order chi connectivity index (χ1) is 9.56. The Hall–Kier alpha value is -1.66. The van der Waals surface area contributed by atoms with Crippen LogP contribution in [-0.4, -0.2) is 17.5 Å². The number of carbonyl (C=O) groups is 1. The number of halogens is 3. The van der Waals surface area contributed by atoms with E-state index in [4.69, 9.17) is 16.3 Å². The molecule has 0 atom stereocenters. The Bertz CT molecular complexity index is 640. The third-order valence-corrected chi connectivity index (χ3v) is 3.21. The molecular formula is C13H9BrClFN2O2. The summed E-state index contributed by atoms with van der Waals surface area (Å²) in [6, 6.07) is 7.21. The number of ether oxygens (including phenoxy) is 1. The zero-order valence-corrected chi connectivity index (χ0v) is 12.4. The normalized spacial score (nSPS) is 10.2. The summed E-state index contributed by atoms with van der Waals surface area (Å²) in [5, 5.41) is 2.76. The Morgan fingerprint density at radius 2 is 2.25 bits per heavy atom. The summed E-state index contributed by atoms with van der Waals surface area (Å²) >= 11 is 8.96. The van der Waals surface area contributed by atoms with Gasteiger partial charge in [-0.2, -0.15) is 0 Å². The molecule has 1 N–H and O–H groups in total. The van der Waals surface area contributed by atoms with E-state index in [1.807, 2.05) is 0 Å². The van der Waals surface area contributed by atoms with Crippen molar-refractivity contribution in [3.63, 3.8) is 0 Å². The minimum Gasteiger partial charge on any atom is -0.483 e. The first-order valence-corrected chi connectivity index (χ1v) is 6.71. The number of carbonyl (C=O) groups excluding carboxylic acids is 1. The molecule has 0 bridgehead atoms. The molecule has 2 rings (SSSR count). The van der Waals surface area contributed by atoms with Crippen LogP contribution in [0.4, 0.5) is 10.1 Å². The van der Waals surface area contributed by atoms with Crippen molar-refractivity contribution in [3.05, 3.63) is 52.0 Å². The van der Waals surface area contributed by atoms with Crippen molar-refractivity contribution in [1.29, 1.82) is 0 Å². The van der Waals surface area contributed by atoms with Gasteiger partial charge in [-0.25, -0.2) is 9.37 Å². The van der Waals surface area contributed by atoms with Gasteiger partial charge in [0.15, 0.2) is 11.8 Å². The van der Waals surface area contributed by atoms with E-state index in [1.165, 1.54) is 24.4 Å². The SMILES string of the molecule is O=C(COc1ccc(F)cc1Br)Nc1cccnc1Cl. The number of amides is 1. The third-order valence-electron chi connectivity index (χ3n) is 2.29. The highest BCUT2D eigenvalue weighted by Crippen LogP contribution is 2.25. The molecule has 0 aliphatic rings. The predicted molar refractivity (Wildman–Crippen MR) is 77.5 cm³/mol. The second-order valence-corrected chi connectivity index (χ2v) is 4.97. The van der Waals surface area contributed by atoms with Gasteiger partial charge < -0.3 is 10.1 Å². The summed E-state index contributed by atoms with van der Waals surface area (Å²) in [4.78, 5) is 15.5. The molecule has 0 aliphatic carbocycles. The second kappa shape index (κ2) is 6.67. The van der Waals surface area contributed by atoms with Gasteiger partial charge in [0.1, 0.15) is 11.6 Å². The van der Waals surface area contributed by atoms with Gasteiger partial charge in [-0.1, -0.05) is 11.6 Å². The van der Waals surface area contributed by atoms with Gasteiger partial charge in [0, 0.05) is 6.20 Å². The number of hydrogen-bond acceptors (Lipinski definition) is 3. The van der Waals surface area contributed by atoms with Crippen LogP contribution in [0.25, 0.3) is 0 Å². The average molecular weight is 360 g/mol. The molecule has 0 unspecified atom stereocenters. The minimum absolute atomic E-state index is 0.198. The van der Waals surface area contributed by atoms with Crippen LogP contribution in [0.1, 0.15) is 0 Å². The molecule has 7 heteroatoms. The summed E-state index contributed by atoms with van der Waals surface area (Å²) in [6.45, 7) is -0.227. The van der Waals surface area contributed by atoms with Gasteiger partial charge in [-0.15, -0.1) is 0 Å². The Labute approximate surface area is 128 Å². The van der Waals surface area contributed by atoms with Crippen molar-refractivity contribution >= 4 is 39.1 Å². The quantitative estimate of drug-likeness (QED) is 0.848. The van der Waals surface area contributed by atoms with Gasteiger partial charge in [0.05, 0.1) is 10.2 Å². The van der Waals surface area contributed by atoms with Crippen molar-refractivity contribution in [1.82, 2.24) is 4.98 Å². The van der Waals surface area contributed by atoms with E-state index in [0.717, 1.165) is 0 Å². The standard InChI is InChI=1S/C13H9BrClFN2O2/c14-9-6-8(16)3-4-11(9)20-7-12(19)18-10-2-1-5-17-13(10)15/h1-6H,7H2,(H,18,19). The Morgan fingerprint density at radius 3 is 2.95 bits per heavy atom. The molecule has 2 aromatic rings. The number of aromatic nitrogens is 1. The molecule has 0 spiro atoms. The van der Waals surface area contributed by atoms with Crippen molar-refractivity contribution in [2.75, 3.05) is 11.9 Å². The van der Waals surface area contributed by atoms with Crippen LogP contribution < -0.4 is 10.1 Å². The maximum atomic E-state index is 12.9. The lowest BCUT2D eigenvalue weighted by molar-refractivity contribution is -0.118. The lowest BCUT2D eigenvalue weighted by Gasteiger charge is -2.09. The van der Waals surface area contributed by atoms with E-state index >= 15 is 0 Å². The first-order valence-electron chi connectivity index (χ1n) is 5.54. The van der Waals surface area contributed by atoms with Crippen LogP contribution in [0.2, 0.25) is 5.15 Å². The van der Waals surface area contributed by atoms with E-state index in [0.29, 0.717) is 15.9 Å². The molecule has 4 nitrogen and oxygen atoms in total. The third kappa shape index (κ3) is 3.91. The van der Waals surface area contributed by atoms with Gasteiger partial charge in [0.25, 0.3) is 5.91 Å². The topological polar surface area (TPSA) is 51.2 Å². The Morgan fingerprint density at radius 1 is 1.45 bits per heavy atom. The van der Waals surface area contributed by atoms with Gasteiger partial charge >= 0.3 is 0 Å². The van der Waals surface area contributed by atoms with E-state index < -0.39 is 11.7 Å². The van der Waals surface area contributed by atoms with E-state index in [-0.39, 0.29) is 11.8 Å². The molecule has 20 heavy (non-hydrogen) atoms. The van der Waals surface area contributed by atoms with Gasteiger partial charge in [-0.05, 0) is 46.3 Å². The number of anilines is 1. The molecule has 0 radical (unpaired) electrons. The first kappa shape index (κ1) is 14.7. The van der Waals surface area contributed by atoms with E-state index in [2.05, 4.69) is 26.2 Å². The second-order valence-electron chi connectivity index (χ2n) is 3.75. The van der Waals surface area contributed by atoms with Crippen molar-refractivity contribution in [2.45, 2.75) is 0 Å². The molecule has 1 amide bonds. The average Bonchev–Trinajstić information content (AvgIpc) is 2.40. The summed E-state index contributed by atoms with van der Waals surface area (Å²) in [7, 11) is 0. The molecule has 1 aromatic heterocycles. The molecule has 0 aliphatic heterocycles. The molecule has 1 aromatic carbocycles. The highest BCUT2D eigenvalue weighted by atomic mass is 79.9. The fourth-order valence-electron chi connectivity index (χ4n) is 1.40. The maximum Gasteiger partial charge on any atom is 0.262 e. The highest BCUT2D eigenvalue weighted by molar-refractivity contribution is 9.10. The molecule has 0 saturated heterocycles. The van der Waals surface area contributed by atoms with Crippen LogP contribution in [0, 0.1) is 5.82 Å².